The van der Waals surface area contributed by atoms with Gasteiger partial charge in [-0.1, -0.05) is 0 Å². The van der Waals surface area contributed by atoms with Crippen LogP contribution < -0.4 is 4.74 Å². The monoisotopic (exact) mass is 263 g/mol. The van der Waals surface area contributed by atoms with Crippen LogP contribution in [-0.2, 0) is 6.61 Å². The Morgan fingerprint density at radius 3 is 2.79 bits per heavy atom. The summed E-state index contributed by atoms with van der Waals surface area (Å²) >= 11 is 0. The maximum absolute atomic E-state index is 11.0. The second kappa shape index (κ2) is 5.21. The van der Waals surface area contributed by atoms with E-state index < -0.39 is 10.9 Å². The fraction of sp³-hybridized carbons (Fsp3) is 0.0833. The molecule has 0 radical (unpaired) electrons. The van der Waals surface area contributed by atoms with Crippen LogP contribution in [-0.4, -0.2) is 16.0 Å². The highest BCUT2D eigenvalue weighted by Crippen LogP contribution is 2.25. The lowest BCUT2D eigenvalue weighted by molar-refractivity contribution is -0.384. The van der Waals surface area contributed by atoms with Crippen molar-refractivity contribution in [3.63, 3.8) is 0 Å². The van der Waals surface area contributed by atoms with Gasteiger partial charge in [-0.25, -0.2) is 4.79 Å². The molecule has 1 aromatic carbocycles. The van der Waals surface area contributed by atoms with Crippen LogP contribution in [0.15, 0.2) is 41.0 Å². The number of hydrogen-bond acceptors (Lipinski definition) is 5. The van der Waals surface area contributed by atoms with Crippen LogP contribution in [0.5, 0.6) is 5.75 Å². The summed E-state index contributed by atoms with van der Waals surface area (Å²) in [5.74, 6) is -0.720. The predicted octanol–water partition coefficient (Wildman–Crippen LogP) is 2.47. The number of carboxylic acids is 1. The second-order valence-corrected chi connectivity index (χ2v) is 3.61. The normalized spacial score (nSPS) is 10.1. The molecule has 0 aliphatic heterocycles. The van der Waals surface area contributed by atoms with E-state index in [1.54, 1.807) is 12.1 Å². The third kappa shape index (κ3) is 2.89. The van der Waals surface area contributed by atoms with E-state index in [0.717, 1.165) is 6.07 Å². The minimum Gasteiger partial charge on any atom is -0.485 e. The number of benzene rings is 1. The molecular weight excluding hydrogens is 254 g/mol. The molecule has 0 bridgehead atoms. The van der Waals surface area contributed by atoms with Gasteiger partial charge < -0.3 is 14.3 Å². The van der Waals surface area contributed by atoms with Crippen molar-refractivity contribution in [2.45, 2.75) is 6.61 Å². The van der Waals surface area contributed by atoms with Gasteiger partial charge in [0.05, 0.1) is 11.2 Å². The largest absolute Gasteiger partial charge is 0.485 e. The number of carbonyl (C=O) groups is 1. The second-order valence-electron chi connectivity index (χ2n) is 3.61. The molecule has 0 unspecified atom stereocenters. The van der Waals surface area contributed by atoms with Crippen molar-refractivity contribution in [2.24, 2.45) is 0 Å². The van der Waals surface area contributed by atoms with Crippen molar-refractivity contribution in [3.05, 3.63) is 58.0 Å². The number of rotatable bonds is 5. The molecule has 2 rings (SSSR count). The van der Waals surface area contributed by atoms with E-state index in [0.29, 0.717) is 5.76 Å². The van der Waals surface area contributed by atoms with Crippen LogP contribution in [0, 0.1) is 10.1 Å². The number of ether oxygens (including phenoxy) is 1. The zero-order valence-electron chi connectivity index (χ0n) is 9.61. The third-order valence-electron chi connectivity index (χ3n) is 2.35. The first-order chi connectivity index (χ1) is 9.08. The Morgan fingerprint density at radius 2 is 2.21 bits per heavy atom. The Hall–Kier alpha value is -2.83. The molecule has 98 valence electrons. The van der Waals surface area contributed by atoms with E-state index in [-0.39, 0.29) is 23.6 Å². The molecule has 0 fully saturated rings. The van der Waals surface area contributed by atoms with Crippen molar-refractivity contribution >= 4 is 11.7 Å². The highest BCUT2D eigenvalue weighted by Gasteiger charge is 2.17. The Balaban J connectivity index is 2.24. The number of nitro benzene ring substituents is 1. The van der Waals surface area contributed by atoms with Gasteiger partial charge in [-0.15, -0.1) is 0 Å². The SMILES string of the molecule is O=C(O)c1cc([N+](=O)[O-])ccc1OCc1ccco1. The lowest BCUT2D eigenvalue weighted by atomic mass is 10.2. The molecule has 19 heavy (non-hydrogen) atoms. The van der Waals surface area contributed by atoms with Crippen molar-refractivity contribution in [1.82, 2.24) is 0 Å². The lowest BCUT2D eigenvalue weighted by Gasteiger charge is -2.07. The number of furan rings is 1. The van der Waals surface area contributed by atoms with E-state index in [1.165, 1.54) is 18.4 Å². The van der Waals surface area contributed by atoms with Gasteiger partial charge >= 0.3 is 5.97 Å². The van der Waals surface area contributed by atoms with Gasteiger partial charge in [-0.3, -0.25) is 10.1 Å². The first kappa shape index (κ1) is 12.6. The summed E-state index contributed by atoms with van der Waals surface area (Å²) in [4.78, 5) is 21.0. The molecule has 1 heterocycles. The van der Waals surface area contributed by atoms with Crippen molar-refractivity contribution in [3.8, 4) is 5.75 Å². The zero-order valence-corrected chi connectivity index (χ0v) is 9.61. The van der Waals surface area contributed by atoms with Gasteiger partial charge in [0.15, 0.2) is 0 Å². The lowest BCUT2D eigenvalue weighted by Crippen LogP contribution is -2.04. The molecule has 2 aromatic rings. The van der Waals surface area contributed by atoms with E-state index >= 15 is 0 Å². The highest BCUT2D eigenvalue weighted by atomic mass is 16.6. The van der Waals surface area contributed by atoms with Crippen LogP contribution in [0.1, 0.15) is 16.1 Å². The Labute approximate surface area is 107 Å². The number of aromatic carboxylic acids is 1. The first-order valence-electron chi connectivity index (χ1n) is 5.25. The summed E-state index contributed by atoms with van der Waals surface area (Å²) in [6, 6.07) is 6.74. The Morgan fingerprint density at radius 1 is 1.42 bits per heavy atom. The molecule has 1 aromatic heterocycles. The number of non-ortho nitro benzene ring substituents is 1. The van der Waals surface area contributed by atoms with Crippen LogP contribution >= 0.6 is 0 Å². The maximum Gasteiger partial charge on any atom is 0.339 e. The van der Waals surface area contributed by atoms with Crippen LogP contribution in [0.25, 0.3) is 0 Å². The molecule has 0 aliphatic rings. The predicted molar refractivity (Wildman–Crippen MR) is 63.1 cm³/mol. The fourth-order valence-corrected chi connectivity index (χ4v) is 1.47. The molecule has 0 amide bonds. The topological polar surface area (TPSA) is 103 Å². The molecule has 1 N–H and O–H groups in total. The molecule has 0 saturated carbocycles. The van der Waals surface area contributed by atoms with E-state index in [9.17, 15) is 14.9 Å². The summed E-state index contributed by atoms with van der Waals surface area (Å²) < 4.78 is 10.3. The van der Waals surface area contributed by atoms with E-state index in [4.69, 9.17) is 14.3 Å². The van der Waals surface area contributed by atoms with Crippen molar-refractivity contribution in [2.75, 3.05) is 0 Å². The molecule has 0 atom stereocenters. The molecule has 0 spiro atoms. The minimum atomic E-state index is -1.29. The summed E-state index contributed by atoms with van der Waals surface area (Å²) in [6.45, 7) is 0.0467. The quantitative estimate of drug-likeness (QED) is 0.656. The fourth-order valence-electron chi connectivity index (χ4n) is 1.47. The third-order valence-corrected chi connectivity index (χ3v) is 2.35. The van der Waals surface area contributed by atoms with E-state index in [2.05, 4.69) is 0 Å². The average Bonchev–Trinajstić information content (AvgIpc) is 2.89. The first-order valence-corrected chi connectivity index (χ1v) is 5.25. The van der Waals surface area contributed by atoms with Gasteiger partial charge in [-0.2, -0.15) is 0 Å². The van der Waals surface area contributed by atoms with Gasteiger partial charge in [-0.05, 0) is 18.2 Å². The van der Waals surface area contributed by atoms with Crippen LogP contribution in [0.4, 0.5) is 5.69 Å². The van der Waals surface area contributed by atoms with Gasteiger partial charge in [0.1, 0.15) is 23.7 Å². The smallest absolute Gasteiger partial charge is 0.339 e. The maximum atomic E-state index is 11.0. The Bertz CT molecular complexity index is 605. The highest BCUT2D eigenvalue weighted by molar-refractivity contribution is 5.91. The number of carboxylic acid groups (broad SMARTS) is 1. The molecule has 0 saturated heterocycles. The Kier molecular flexibility index (Phi) is 3.46. The van der Waals surface area contributed by atoms with Crippen LogP contribution in [0.3, 0.4) is 0 Å². The van der Waals surface area contributed by atoms with E-state index in [1.807, 2.05) is 0 Å². The molecule has 7 nitrogen and oxygen atoms in total. The molecule has 0 aliphatic carbocycles. The van der Waals surface area contributed by atoms with Crippen molar-refractivity contribution < 1.29 is 24.0 Å². The van der Waals surface area contributed by atoms with Gasteiger partial charge in [0, 0.05) is 12.1 Å². The van der Waals surface area contributed by atoms with Gasteiger partial charge in [0.2, 0.25) is 0 Å². The summed E-state index contributed by atoms with van der Waals surface area (Å²) in [5.41, 5.74) is -0.566. The van der Waals surface area contributed by atoms with Crippen LogP contribution in [0.2, 0.25) is 0 Å². The summed E-state index contributed by atoms with van der Waals surface area (Å²) in [6.07, 6.45) is 1.46. The summed E-state index contributed by atoms with van der Waals surface area (Å²) in [7, 11) is 0. The summed E-state index contributed by atoms with van der Waals surface area (Å²) in [5, 5.41) is 19.6. The number of nitrogens with zero attached hydrogens (tertiary/aromatic N) is 1. The molecular formula is C12H9NO6. The minimum absolute atomic E-state index is 0.0467. The average molecular weight is 263 g/mol. The number of hydrogen-bond donors (Lipinski definition) is 1. The van der Waals surface area contributed by atoms with Crippen molar-refractivity contribution in [1.29, 1.82) is 0 Å². The number of nitro groups is 1. The zero-order chi connectivity index (χ0) is 13.8. The molecule has 7 heteroatoms. The standard InChI is InChI=1S/C12H9NO6/c14-12(15)10-6-8(13(16)17)3-4-11(10)19-7-9-2-1-5-18-9/h1-6H,7H2,(H,14,15). The van der Waals surface area contributed by atoms with Gasteiger partial charge in [0.25, 0.3) is 5.69 Å².